The number of benzene rings is 1. The highest BCUT2D eigenvalue weighted by Gasteiger charge is 2.10. The van der Waals surface area contributed by atoms with Gasteiger partial charge in [-0.2, -0.15) is 10.4 Å². The van der Waals surface area contributed by atoms with Crippen LogP contribution in [0.3, 0.4) is 0 Å². The van der Waals surface area contributed by atoms with Gasteiger partial charge in [0.2, 0.25) is 0 Å². The zero-order valence-electron chi connectivity index (χ0n) is 12.1. The minimum Gasteiger partial charge on any atom is -0.383 e. The molecule has 0 radical (unpaired) electrons. The van der Waals surface area contributed by atoms with Crippen LogP contribution in [0.5, 0.6) is 0 Å². The lowest BCUT2D eigenvalue weighted by Gasteiger charge is -2.05. The number of fused-ring (bicyclic) bond motifs is 1. The Balaban J connectivity index is 2.11. The Bertz CT molecular complexity index is 823. The van der Waals surface area contributed by atoms with Gasteiger partial charge in [0.25, 0.3) is 0 Å². The van der Waals surface area contributed by atoms with Crippen molar-refractivity contribution in [2.45, 2.75) is 13.5 Å². The second kappa shape index (κ2) is 5.43. The summed E-state index contributed by atoms with van der Waals surface area (Å²) in [6.45, 7) is 3.31. The first kappa shape index (κ1) is 13.4. The topological polar surface area (TPSA) is 55.8 Å². The summed E-state index contributed by atoms with van der Waals surface area (Å²) in [6.07, 6.45) is 3.80. The molecule has 1 aromatic carbocycles. The standard InChI is InChI=1S/C16H16N4O/c1-12-5-6-20(18-12)14-3-4-16-15(9-14)13(10-17)11-19(16)7-8-21-2/h3-6,9,11H,7-8H2,1-2H3. The van der Waals surface area contributed by atoms with E-state index >= 15 is 0 Å². The van der Waals surface area contributed by atoms with Gasteiger partial charge < -0.3 is 9.30 Å². The zero-order chi connectivity index (χ0) is 14.8. The summed E-state index contributed by atoms with van der Waals surface area (Å²) >= 11 is 0. The Kier molecular flexibility index (Phi) is 3.46. The smallest absolute Gasteiger partial charge is 0.101 e. The summed E-state index contributed by atoms with van der Waals surface area (Å²) < 4.78 is 8.99. The molecule has 0 bridgehead atoms. The number of hydrogen-bond donors (Lipinski definition) is 0. The van der Waals surface area contributed by atoms with Crippen molar-refractivity contribution in [2.75, 3.05) is 13.7 Å². The average molecular weight is 280 g/mol. The molecule has 0 N–H and O–H groups in total. The first-order valence-electron chi connectivity index (χ1n) is 6.77. The Morgan fingerprint density at radius 3 is 2.86 bits per heavy atom. The van der Waals surface area contributed by atoms with E-state index in [2.05, 4.69) is 15.7 Å². The van der Waals surface area contributed by atoms with Crippen LogP contribution in [0.4, 0.5) is 0 Å². The minimum atomic E-state index is 0.620. The molecule has 0 spiro atoms. The number of hydrogen-bond acceptors (Lipinski definition) is 3. The van der Waals surface area contributed by atoms with Crippen LogP contribution in [0, 0.1) is 18.3 Å². The Hall–Kier alpha value is -2.58. The summed E-state index contributed by atoms with van der Waals surface area (Å²) in [5.74, 6) is 0. The van der Waals surface area contributed by atoms with Crippen LogP contribution in [0.1, 0.15) is 11.3 Å². The molecule has 0 aliphatic carbocycles. The normalized spacial score (nSPS) is 10.9. The third kappa shape index (κ3) is 2.41. The first-order valence-corrected chi connectivity index (χ1v) is 6.77. The molecule has 0 atom stereocenters. The first-order chi connectivity index (χ1) is 10.2. The van der Waals surface area contributed by atoms with Crippen LogP contribution >= 0.6 is 0 Å². The van der Waals surface area contributed by atoms with E-state index in [1.54, 1.807) is 7.11 Å². The van der Waals surface area contributed by atoms with Gasteiger partial charge in [-0.25, -0.2) is 4.68 Å². The maximum atomic E-state index is 9.32. The summed E-state index contributed by atoms with van der Waals surface area (Å²) in [7, 11) is 1.68. The SMILES string of the molecule is COCCn1cc(C#N)c2cc(-n3ccc(C)n3)ccc21. The lowest BCUT2D eigenvalue weighted by molar-refractivity contribution is 0.188. The third-order valence-corrected chi connectivity index (χ3v) is 3.51. The highest BCUT2D eigenvalue weighted by Crippen LogP contribution is 2.24. The van der Waals surface area contributed by atoms with Crippen molar-refractivity contribution in [1.29, 1.82) is 5.26 Å². The molecule has 5 nitrogen and oxygen atoms in total. The van der Waals surface area contributed by atoms with Crippen LogP contribution in [0.2, 0.25) is 0 Å². The van der Waals surface area contributed by atoms with Crippen LogP contribution in [-0.4, -0.2) is 28.1 Å². The number of methoxy groups -OCH3 is 1. The quantitative estimate of drug-likeness (QED) is 0.738. The average Bonchev–Trinajstić information content (AvgIpc) is 3.08. The molecule has 3 aromatic rings. The number of nitriles is 1. The number of ether oxygens (including phenoxy) is 1. The third-order valence-electron chi connectivity index (χ3n) is 3.51. The predicted molar refractivity (Wildman–Crippen MR) is 80.4 cm³/mol. The van der Waals surface area contributed by atoms with E-state index in [1.165, 1.54) is 0 Å². The number of rotatable bonds is 4. The summed E-state index contributed by atoms with van der Waals surface area (Å²) in [5, 5.41) is 14.7. The van der Waals surface area contributed by atoms with Gasteiger partial charge in [0.05, 0.1) is 23.6 Å². The fourth-order valence-electron chi connectivity index (χ4n) is 2.45. The summed E-state index contributed by atoms with van der Waals surface area (Å²) in [4.78, 5) is 0. The van der Waals surface area contributed by atoms with Crippen molar-refractivity contribution in [3.8, 4) is 11.8 Å². The van der Waals surface area contributed by atoms with Gasteiger partial charge in [-0.15, -0.1) is 0 Å². The Morgan fingerprint density at radius 2 is 2.19 bits per heavy atom. The van der Waals surface area contributed by atoms with E-state index in [-0.39, 0.29) is 0 Å². The van der Waals surface area contributed by atoms with Crippen molar-refractivity contribution >= 4 is 10.9 Å². The van der Waals surface area contributed by atoms with Crippen molar-refractivity contribution in [3.05, 3.63) is 47.9 Å². The molecule has 0 saturated heterocycles. The molecule has 3 rings (SSSR count). The van der Waals surface area contributed by atoms with Crippen LogP contribution in [0.15, 0.2) is 36.7 Å². The molecule has 0 fully saturated rings. The highest BCUT2D eigenvalue weighted by atomic mass is 16.5. The fourth-order valence-corrected chi connectivity index (χ4v) is 2.45. The molecule has 0 amide bonds. The fraction of sp³-hybridized carbons (Fsp3) is 0.250. The lowest BCUT2D eigenvalue weighted by Crippen LogP contribution is -2.02. The molecule has 21 heavy (non-hydrogen) atoms. The predicted octanol–water partition coefficient (Wildman–Crippen LogP) is 2.65. The van der Waals surface area contributed by atoms with Gasteiger partial charge in [0, 0.05) is 37.0 Å². The molecular weight excluding hydrogens is 264 g/mol. The van der Waals surface area contributed by atoms with Gasteiger partial charge >= 0.3 is 0 Å². The van der Waals surface area contributed by atoms with E-state index < -0.39 is 0 Å². The van der Waals surface area contributed by atoms with Crippen molar-refractivity contribution < 1.29 is 4.74 Å². The summed E-state index contributed by atoms with van der Waals surface area (Å²) in [5.41, 5.74) is 3.63. The van der Waals surface area contributed by atoms with E-state index in [0.29, 0.717) is 12.2 Å². The van der Waals surface area contributed by atoms with Gasteiger partial charge in [-0.3, -0.25) is 0 Å². The zero-order valence-corrected chi connectivity index (χ0v) is 12.1. The van der Waals surface area contributed by atoms with Gasteiger partial charge in [0.1, 0.15) is 6.07 Å². The molecule has 5 heteroatoms. The molecule has 0 unspecified atom stereocenters. The van der Waals surface area contributed by atoms with E-state index in [9.17, 15) is 5.26 Å². The Morgan fingerprint density at radius 1 is 1.33 bits per heavy atom. The molecular formula is C16H16N4O. The Labute approximate surface area is 123 Å². The highest BCUT2D eigenvalue weighted by molar-refractivity contribution is 5.88. The van der Waals surface area contributed by atoms with Gasteiger partial charge in [-0.05, 0) is 31.2 Å². The minimum absolute atomic E-state index is 0.620. The van der Waals surface area contributed by atoms with Gasteiger partial charge in [-0.1, -0.05) is 0 Å². The second-order valence-electron chi connectivity index (χ2n) is 4.94. The van der Waals surface area contributed by atoms with E-state index in [4.69, 9.17) is 4.74 Å². The maximum absolute atomic E-state index is 9.32. The number of nitrogens with zero attached hydrogens (tertiary/aromatic N) is 4. The van der Waals surface area contributed by atoms with E-state index in [0.717, 1.165) is 28.8 Å². The largest absolute Gasteiger partial charge is 0.383 e. The number of aryl methyl sites for hydroxylation is 1. The molecule has 106 valence electrons. The van der Waals surface area contributed by atoms with Crippen molar-refractivity contribution in [1.82, 2.24) is 14.3 Å². The van der Waals surface area contributed by atoms with Crippen LogP contribution < -0.4 is 0 Å². The monoisotopic (exact) mass is 280 g/mol. The van der Waals surface area contributed by atoms with Crippen molar-refractivity contribution in [2.24, 2.45) is 0 Å². The van der Waals surface area contributed by atoms with Crippen molar-refractivity contribution in [3.63, 3.8) is 0 Å². The molecule has 0 aliphatic rings. The molecule has 2 aromatic heterocycles. The molecule has 0 saturated carbocycles. The van der Waals surface area contributed by atoms with E-state index in [1.807, 2.05) is 48.3 Å². The van der Waals surface area contributed by atoms with Crippen LogP contribution in [-0.2, 0) is 11.3 Å². The number of aromatic nitrogens is 3. The second-order valence-corrected chi connectivity index (χ2v) is 4.94. The van der Waals surface area contributed by atoms with Gasteiger partial charge in [0.15, 0.2) is 0 Å². The molecule has 2 heterocycles. The molecule has 0 aliphatic heterocycles. The maximum Gasteiger partial charge on any atom is 0.101 e. The lowest BCUT2D eigenvalue weighted by atomic mass is 10.1. The van der Waals surface area contributed by atoms with Crippen LogP contribution in [0.25, 0.3) is 16.6 Å². The summed E-state index contributed by atoms with van der Waals surface area (Å²) in [6, 6.07) is 10.3.